The highest BCUT2D eigenvalue weighted by molar-refractivity contribution is 9.10. The Kier molecular flexibility index (Phi) is 2.49. The van der Waals surface area contributed by atoms with Gasteiger partial charge < -0.3 is 4.42 Å². The molecule has 1 aromatic carbocycles. The number of halogens is 1. The highest BCUT2D eigenvalue weighted by atomic mass is 79.9. The Bertz CT molecular complexity index is 516. The van der Waals surface area contributed by atoms with Crippen molar-refractivity contribution < 1.29 is 8.63 Å². The first kappa shape index (κ1) is 9.93. The lowest BCUT2D eigenvalue weighted by molar-refractivity contribution is 0.566. The molecule has 0 spiro atoms. The van der Waals surface area contributed by atoms with Crippen molar-refractivity contribution in [2.75, 3.05) is 6.26 Å². The van der Waals surface area contributed by atoms with E-state index in [0.29, 0.717) is 0 Å². The summed E-state index contributed by atoms with van der Waals surface area (Å²) >= 11 is 3.38. The van der Waals surface area contributed by atoms with E-state index in [2.05, 4.69) is 15.9 Å². The largest absolute Gasteiger partial charge is 0.460 e. The van der Waals surface area contributed by atoms with Crippen LogP contribution in [0.5, 0.6) is 0 Å². The summed E-state index contributed by atoms with van der Waals surface area (Å²) in [5.41, 5.74) is 0.788. The molecule has 14 heavy (non-hydrogen) atoms. The minimum absolute atomic E-state index is 0.735. The van der Waals surface area contributed by atoms with Gasteiger partial charge in [0.25, 0.3) is 0 Å². The summed E-state index contributed by atoms with van der Waals surface area (Å²) in [6.07, 6.45) is 1.66. The van der Waals surface area contributed by atoms with E-state index in [1.54, 1.807) is 6.26 Å². The van der Waals surface area contributed by atoms with Crippen LogP contribution in [0.15, 0.2) is 32.0 Å². The first-order valence-electron chi connectivity index (χ1n) is 4.11. The number of hydrogen-bond donors (Lipinski definition) is 0. The number of furan rings is 1. The minimum Gasteiger partial charge on any atom is -0.460 e. The molecule has 0 amide bonds. The van der Waals surface area contributed by atoms with Crippen LogP contribution in [0.4, 0.5) is 0 Å². The van der Waals surface area contributed by atoms with Gasteiger partial charge in [0.2, 0.25) is 0 Å². The number of hydrogen-bond acceptors (Lipinski definition) is 2. The first-order valence-corrected chi connectivity index (χ1v) is 6.47. The SMILES string of the molecule is Cc1oc2ccc(Br)cc2c1S(C)=O. The highest BCUT2D eigenvalue weighted by Gasteiger charge is 2.13. The maximum atomic E-state index is 11.5. The molecule has 0 bridgehead atoms. The lowest BCUT2D eigenvalue weighted by atomic mass is 10.2. The Morgan fingerprint density at radius 2 is 2.14 bits per heavy atom. The van der Waals surface area contributed by atoms with Crippen molar-refractivity contribution in [2.24, 2.45) is 0 Å². The van der Waals surface area contributed by atoms with E-state index in [1.807, 2.05) is 25.1 Å². The Labute approximate surface area is 92.9 Å². The van der Waals surface area contributed by atoms with Gasteiger partial charge >= 0.3 is 0 Å². The first-order chi connectivity index (χ1) is 6.59. The molecule has 2 nitrogen and oxygen atoms in total. The predicted octanol–water partition coefficient (Wildman–Crippen LogP) is 3.24. The van der Waals surface area contributed by atoms with Gasteiger partial charge in [-0.3, -0.25) is 4.21 Å². The van der Waals surface area contributed by atoms with Gasteiger partial charge in [0, 0.05) is 16.1 Å². The summed E-state index contributed by atoms with van der Waals surface area (Å²) in [5.74, 6) is 0.735. The third kappa shape index (κ3) is 1.53. The number of benzene rings is 1. The lowest BCUT2D eigenvalue weighted by Crippen LogP contribution is -1.87. The number of aryl methyl sites for hydroxylation is 1. The van der Waals surface area contributed by atoms with E-state index in [4.69, 9.17) is 4.42 Å². The summed E-state index contributed by atoms with van der Waals surface area (Å²) in [6.45, 7) is 1.84. The molecule has 1 aromatic heterocycles. The van der Waals surface area contributed by atoms with Crippen LogP contribution in [0.25, 0.3) is 11.0 Å². The van der Waals surface area contributed by atoms with E-state index < -0.39 is 10.8 Å². The van der Waals surface area contributed by atoms with Crippen molar-refractivity contribution in [3.63, 3.8) is 0 Å². The molecule has 1 unspecified atom stereocenters. The average molecular weight is 273 g/mol. The van der Waals surface area contributed by atoms with Crippen LogP contribution in [-0.2, 0) is 10.8 Å². The zero-order chi connectivity index (χ0) is 10.3. The van der Waals surface area contributed by atoms with Crippen molar-refractivity contribution in [3.8, 4) is 0 Å². The van der Waals surface area contributed by atoms with Gasteiger partial charge in [-0.05, 0) is 25.1 Å². The molecule has 2 aromatic rings. The highest BCUT2D eigenvalue weighted by Crippen LogP contribution is 2.30. The smallest absolute Gasteiger partial charge is 0.135 e. The molecule has 0 aliphatic carbocycles. The summed E-state index contributed by atoms with van der Waals surface area (Å²) in [7, 11) is -1.01. The molecule has 1 atom stereocenters. The van der Waals surface area contributed by atoms with Gasteiger partial charge in [0.1, 0.15) is 11.3 Å². The lowest BCUT2D eigenvalue weighted by Gasteiger charge is -1.93. The van der Waals surface area contributed by atoms with Crippen molar-refractivity contribution in [1.29, 1.82) is 0 Å². The normalized spacial score (nSPS) is 13.4. The number of rotatable bonds is 1. The minimum atomic E-state index is -1.01. The molecule has 0 fully saturated rings. The molecule has 0 aliphatic heterocycles. The fourth-order valence-electron chi connectivity index (χ4n) is 1.53. The topological polar surface area (TPSA) is 30.2 Å². The van der Waals surface area contributed by atoms with Crippen LogP contribution in [0.2, 0.25) is 0 Å². The summed E-state index contributed by atoms with van der Waals surface area (Å²) < 4.78 is 18.0. The van der Waals surface area contributed by atoms with Crippen LogP contribution in [-0.4, -0.2) is 10.5 Å². The van der Waals surface area contributed by atoms with Gasteiger partial charge in [-0.1, -0.05) is 15.9 Å². The second-order valence-electron chi connectivity index (χ2n) is 3.08. The molecule has 2 rings (SSSR count). The zero-order valence-corrected chi connectivity index (χ0v) is 10.2. The quantitative estimate of drug-likeness (QED) is 0.798. The fourth-order valence-corrected chi connectivity index (χ4v) is 2.80. The summed E-state index contributed by atoms with van der Waals surface area (Å²) in [4.78, 5) is 0.793. The zero-order valence-electron chi connectivity index (χ0n) is 7.83. The van der Waals surface area contributed by atoms with Crippen molar-refractivity contribution in [2.45, 2.75) is 11.8 Å². The van der Waals surface area contributed by atoms with Crippen LogP contribution < -0.4 is 0 Å². The fraction of sp³-hybridized carbons (Fsp3) is 0.200. The maximum absolute atomic E-state index is 11.5. The second kappa shape index (κ2) is 3.51. The third-order valence-corrected chi connectivity index (χ3v) is 3.63. The van der Waals surface area contributed by atoms with E-state index in [0.717, 1.165) is 26.1 Å². The molecule has 0 saturated carbocycles. The standard InChI is InChI=1S/C10H9BrO2S/c1-6-10(14(2)12)8-5-7(11)3-4-9(8)13-6/h3-5H,1-2H3. The van der Waals surface area contributed by atoms with E-state index in [1.165, 1.54) is 0 Å². The molecule has 4 heteroatoms. The van der Waals surface area contributed by atoms with Crippen molar-refractivity contribution >= 4 is 37.7 Å². The molecular formula is C10H9BrO2S. The monoisotopic (exact) mass is 272 g/mol. The predicted molar refractivity (Wildman–Crippen MR) is 61.0 cm³/mol. The van der Waals surface area contributed by atoms with Gasteiger partial charge in [0.15, 0.2) is 0 Å². The van der Waals surface area contributed by atoms with E-state index in [9.17, 15) is 4.21 Å². The summed E-state index contributed by atoms with van der Waals surface area (Å²) in [5, 5.41) is 0.928. The van der Waals surface area contributed by atoms with E-state index in [-0.39, 0.29) is 0 Å². The van der Waals surface area contributed by atoms with Gasteiger partial charge in [-0.2, -0.15) is 0 Å². The Morgan fingerprint density at radius 1 is 1.43 bits per heavy atom. The van der Waals surface area contributed by atoms with Crippen LogP contribution in [0.1, 0.15) is 5.76 Å². The van der Waals surface area contributed by atoms with Gasteiger partial charge in [-0.15, -0.1) is 0 Å². The van der Waals surface area contributed by atoms with Crippen LogP contribution in [0.3, 0.4) is 0 Å². The average Bonchev–Trinajstić information content (AvgIpc) is 2.40. The molecular weight excluding hydrogens is 264 g/mol. The molecule has 0 N–H and O–H groups in total. The molecule has 0 aliphatic rings. The second-order valence-corrected chi connectivity index (χ2v) is 5.31. The van der Waals surface area contributed by atoms with Crippen LogP contribution in [0, 0.1) is 6.92 Å². The third-order valence-electron chi connectivity index (χ3n) is 2.06. The molecule has 0 saturated heterocycles. The van der Waals surface area contributed by atoms with Crippen LogP contribution >= 0.6 is 15.9 Å². The number of fused-ring (bicyclic) bond motifs is 1. The Hall–Kier alpha value is -0.610. The maximum Gasteiger partial charge on any atom is 0.135 e. The Balaban J connectivity index is 2.86. The molecule has 0 radical (unpaired) electrons. The molecule has 1 heterocycles. The summed E-state index contributed by atoms with van der Waals surface area (Å²) in [6, 6.07) is 5.72. The molecule has 74 valence electrons. The van der Waals surface area contributed by atoms with E-state index >= 15 is 0 Å². The van der Waals surface area contributed by atoms with Gasteiger partial charge in [0.05, 0.1) is 15.7 Å². The van der Waals surface area contributed by atoms with Gasteiger partial charge in [-0.25, -0.2) is 0 Å². The van der Waals surface area contributed by atoms with Crippen molar-refractivity contribution in [1.82, 2.24) is 0 Å². The Morgan fingerprint density at radius 3 is 2.79 bits per heavy atom. The van der Waals surface area contributed by atoms with Crippen molar-refractivity contribution in [3.05, 3.63) is 28.4 Å².